The fourth-order valence-corrected chi connectivity index (χ4v) is 2.21. The number of H-pyrrole nitrogens is 1. The lowest BCUT2D eigenvalue weighted by atomic mass is 10.1. The zero-order valence-electron chi connectivity index (χ0n) is 10.4. The van der Waals surface area contributed by atoms with E-state index in [0.717, 1.165) is 0 Å². The van der Waals surface area contributed by atoms with E-state index in [4.69, 9.17) is 0 Å². The summed E-state index contributed by atoms with van der Waals surface area (Å²) in [5.41, 5.74) is 4.90. The number of fused-ring (bicyclic) bond motifs is 1. The van der Waals surface area contributed by atoms with Gasteiger partial charge in [0, 0.05) is 16.6 Å². The Morgan fingerprint density at radius 1 is 0.833 bits per heavy atom. The molecule has 0 atom stereocenters. The molecule has 1 heterocycles. The monoisotopic (exact) mass is 233 g/mol. The Morgan fingerprint density at radius 3 is 2.33 bits per heavy atom. The van der Waals surface area contributed by atoms with Crippen molar-refractivity contribution in [3.05, 3.63) is 71.4 Å². The van der Waals surface area contributed by atoms with Crippen LogP contribution in [0.1, 0.15) is 16.8 Å². The average Bonchev–Trinajstić information content (AvgIpc) is 2.75. The molecule has 0 amide bonds. The minimum atomic E-state index is 1.18. The Labute approximate surface area is 107 Å². The van der Waals surface area contributed by atoms with Gasteiger partial charge in [-0.1, -0.05) is 54.6 Å². The number of nitrogens with one attached hydrogen (secondary N) is 1. The fraction of sp³-hybridized carbons (Fsp3) is 0.0588. The average molecular weight is 233 g/mol. The molecule has 1 heteroatoms. The van der Waals surface area contributed by atoms with Gasteiger partial charge in [-0.2, -0.15) is 0 Å². The van der Waals surface area contributed by atoms with Gasteiger partial charge in [-0.3, -0.25) is 0 Å². The molecule has 0 radical (unpaired) electrons. The second kappa shape index (κ2) is 4.53. The lowest BCUT2D eigenvalue weighted by Crippen LogP contribution is -1.75. The first kappa shape index (κ1) is 10.8. The molecule has 0 spiro atoms. The van der Waals surface area contributed by atoms with Crippen molar-refractivity contribution in [1.82, 2.24) is 4.98 Å². The Bertz CT molecular complexity index is 690. The van der Waals surface area contributed by atoms with Crippen LogP contribution in [0.25, 0.3) is 23.1 Å². The van der Waals surface area contributed by atoms with Crippen molar-refractivity contribution in [3.8, 4) is 0 Å². The molecule has 1 N–H and O–H groups in total. The molecule has 0 bridgehead atoms. The molecule has 0 fully saturated rings. The molecule has 0 aliphatic rings. The maximum Gasteiger partial charge on any atom is 0.0461 e. The van der Waals surface area contributed by atoms with Crippen LogP contribution in [0.5, 0.6) is 0 Å². The van der Waals surface area contributed by atoms with Crippen molar-refractivity contribution in [3.63, 3.8) is 0 Å². The van der Waals surface area contributed by atoms with Crippen LogP contribution in [0, 0.1) is 6.92 Å². The largest absolute Gasteiger partial charge is 0.355 e. The topological polar surface area (TPSA) is 15.8 Å². The predicted molar refractivity (Wildman–Crippen MR) is 78.4 cm³/mol. The van der Waals surface area contributed by atoms with Crippen molar-refractivity contribution < 1.29 is 0 Å². The van der Waals surface area contributed by atoms with E-state index in [0.29, 0.717) is 0 Å². The molecule has 3 aromatic rings. The van der Waals surface area contributed by atoms with E-state index in [2.05, 4.69) is 72.6 Å². The molecule has 1 aromatic heterocycles. The minimum Gasteiger partial charge on any atom is -0.355 e. The molecule has 0 unspecified atom stereocenters. The zero-order valence-corrected chi connectivity index (χ0v) is 10.4. The molecule has 2 aromatic carbocycles. The van der Waals surface area contributed by atoms with E-state index in [1.165, 1.54) is 27.7 Å². The van der Waals surface area contributed by atoms with E-state index in [1.54, 1.807) is 0 Å². The number of para-hydroxylation sites is 1. The van der Waals surface area contributed by atoms with Gasteiger partial charge in [0.15, 0.2) is 0 Å². The summed E-state index contributed by atoms with van der Waals surface area (Å²) in [6, 6.07) is 18.8. The van der Waals surface area contributed by atoms with Crippen molar-refractivity contribution >= 4 is 23.1 Å². The zero-order chi connectivity index (χ0) is 12.4. The smallest absolute Gasteiger partial charge is 0.0461 e. The summed E-state index contributed by atoms with van der Waals surface area (Å²) in [5.74, 6) is 0. The summed E-state index contributed by atoms with van der Waals surface area (Å²) in [7, 11) is 0. The third kappa shape index (κ3) is 1.95. The molecular formula is C17H15N. The molecule has 1 nitrogen and oxygen atoms in total. The van der Waals surface area contributed by atoms with Crippen LogP contribution >= 0.6 is 0 Å². The highest BCUT2D eigenvalue weighted by Crippen LogP contribution is 2.22. The molecule has 88 valence electrons. The van der Waals surface area contributed by atoms with Crippen molar-refractivity contribution in [2.75, 3.05) is 0 Å². The second-order valence-electron chi connectivity index (χ2n) is 4.45. The number of aromatic nitrogens is 1. The number of aryl methyl sites for hydroxylation is 1. The van der Waals surface area contributed by atoms with E-state index in [1.807, 2.05) is 6.07 Å². The van der Waals surface area contributed by atoms with Gasteiger partial charge >= 0.3 is 0 Å². The lowest BCUT2D eigenvalue weighted by molar-refractivity contribution is 1.38. The van der Waals surface area contributed by atoms with Gasteiger partial charge in [-0.15, -0.1) is 0 Å². The molecule has 18 heavy (non-hydrogen) atoms. The highest BCUT2D eigenvalue weighted by Gasteiger charge is 2.03. The molecule has 0 aliphatic carbocycles. The summed E-state index contributed by atoms with van der Waals surface area (Å²) >= 11 is 0. The number of rotatable bonds is 2. The van der Waals surface area contributed by atoms with Crippen LogP contribution < -0.4 is 0 Å². The Morgan fingerprint density at radius 2 is 1.56 bits per heavy atom. The van der Waals surface area contributed by atoms with Crippen LogP contribution in [0.15, 0.2) is 54.6 Å². The number of aromatic amines is 1. The SMILES string of the molecule is Cc1c(/C=C\c2ccccc2)[nH]c2ccccc12. The summed E-state index contributed by atoms with van der Waals surface area (Å²) < 4.78 is 0. The summed E-state index contributed by atoms with van der Waals surface area (Å²) in [5, 5.41) is 1.30. The van der Waals surface area contributed by atoms with E-state index in [-0.39, 0.29) is 0 Å². The number of hydrogen-bond donors (Lipinski definition) is 1. The first-order valence-corrected chi connectivity index (χ1v) is 6.15. The Kier molecular flexibility index (Phi) is 2.73. The fourth-order valence-electron chi connectivity index (χ4n) is 2.21. The molecule has 0 saturated heterocycles. The van der Waals surface area contributed by atoms with Crippen molar-refractivity contribution in [2.45, 2.75) is 6.92 Å². The Hall–Kier alpha value is -2.28. The van der Waals surface area contributed by atoms with Crippen LogP contribution in [0.3, 0.4) is 0 Å². The van der Waals surface area contributed by atoms with E-state index < -0.39 is 0 Å². The van der Waals surface area contributed by atoms with Crippen LogP contribution in [0.4, 0.5) is 0 Å². The van der Waals surface area contributed by atoms with Gasteiger partial charge in [0.25, 0.3) is 0 Å². The maximum absolute atomic E-state index is 3.45. The predicted octanol–water partition coefficient (Wildman–Crippen LogP) is 4.65. The van der Waals surface area contributed by atoms with Gasteiger partial charge in [0.2, 0.25) is 0 Å². The summed E-state index contributed by atoms with van der Waals surface area (Å²) in [6.07, 6.45) is 4.28. The first-order chi connectivity index (χ1) is 8.84. The quantitative estimate of drug-likeness (QED) is 0.663. The second-order valence-corrected chi connectivity index (χ2v) is 4.45. The highest BCUT2D eigenvalue weighted by atomic mass is 14.7. The highest BCUT2D eigenvalue weighted by molar-refractivity contribution is 5.88. The summed E-state index contributed by atoms with van der Waals surface area (Å²) in [4.78, 5) is 3.45. The number of benzene rings is 2. The lowest BCUT2D eigenvalue weighted by Gasteiger charge is -1.93. The standard InChI is InChI=1S/C17H15N/c1-13-15-9-5-6-10-17(15)18-16(13)12-11-14-7-3-2-4-8-14/h2-12,18H,1H3/b12-11-. The minimum absolute atomic E-state index is 1.18. The van der Waals surface area contributed by atoms with Gasteiger partial charge in [-0.25, -0.2) is 0 Å². The van der Waals surface area contributed by atoms with Crippen LogP contribution in [-0.2, 0) is 0 Å². The Balaban J connectivity index is 2.00. The van der Waals surface area contributed by atoms with Gasteiger partial charge in [0.05, 0.1) is 0 Å². The normalized spacial score (nSPS) is 11.4. The maximum atomic E-state index is 3.45. The third-order valence-corrected chi connectivity index (χ3v) is 3.25. The molecular weight excluding hydrogens is 218 g/mol. The van der Waals surface area contributed by atoms with Crippen molar-refractivity contribution in [1.29, 1.82) is 0 Å². The van der Waals surface area contributed by atoms with Crippen LogP contribution in [-0.4, -0.2) is 4.98 Å². The molecule has 3 rings (SSSR count). The van der Waals surface area contributed by atoms with Crippen molar-refractivity contribution in [2.24, 2.45) is 0 Å². The molecule has 0 aliphatic heterocycles. The van der Waals surface area contributed by atoms with E-state index in [9.17, 15) is 0 Å². The van der Waals surface area contributed by atoms with Gasteiger partial charge in [-0.05, 0) is 30.2 Å². The third-order valence-electron chi connectivity index (χ3n) is 3.25. The van der Waals surface area contributed by atoms with Gasteiger partial charge in [0.1, 0.15) is 0 Å². The molecule has 0 saturated carbocycles. The first-order valence-electron chi connectivity index (χ1n) is 6.15. The van der Waals surface area contributed by atoms with Crippen LogP contribution in [0.2, 0.25) is 0 Å². The summed E-state index contributed by atoms with van der Waals surface area (Å²) in [6.45, 7) is 2.16. The van der Waals surface area contributed by atoms with E-state index >= 15 is 0 Å². The number of hydrogen-bond acceptors (Lipinski definition) is 0. The van der Waals surface area contributed by atoms with Gasteiger partial charge < -0.3 is 4.98 Å².